The molecule has 0 amide bonds. The lowest BCUT2D eigenvalue weighted by molar-refractivity contribution is 0.476. The van der Waals surface area contributed by atoms with Crippen LogP contribution in [-0.2, 0) is 6.42 Å². The van der Waals surface area contributed by atoms with E-state index in [1.807, 2.05) is 44.6 Å². The van der Waals surface area contributed by atoms with Crippen LogP contribution >= 0.6 is 0 Å². The summed E-state index contributed by atoms with van der Waals surface area (Å²) in [6, 6.07) is 12.1. The molecule has 1 aromatic carbocycles. The highest BCUT2D eigenvalue weighted by atomic mass is 16.5. The van der Waals surface area contributed by atoms with E-state index < -0.39 is 0 Å². The quantitative estimate of drug-likeness (QED) is 0.784. The molecule has 1 aliphatic rings. The van der Waals surface area contributed by atoms with Crippen LogP contribution in [0.15, 0.2) is 42.6 Å². The number of pyridine rings is 1. The van der Waals surface area contributed by atoms with Crippen LogP contribution in [0.4, 0.5) is 0 Å². The van der Waals surface area contributed by atoms with Gasteiger partial charge in [0.1, 0.15) is 11.5 Å². The van der Waals surface area contributed by atoms with Crippen LogP contribution in [0.2, 0.25) is 0 Å². The number of para-hydroxylation sites is 1. The van der Waals surface area contributed by atoms with Crippen LogP contribution in [0, 0.1) is 0 Å². The van der Waals surface area contributed by atoms with Gasteiger partial charge in [0.05, 0.1) is 5.69 Å². The second-order valence-corrected chi connectivity index (χ2v) is 4.69. The Balaban J connectivity index is 0.000000408. The van der Waals surface area contributed by atoms with E-state index >= 15 is 0 Å². The zero-order chi connectivity index (χ0) is 13.7. The Bertz CT molecular complexity index is 540. The average Bonchev–Trinajstić information content (AvgIpc) is 2.56. The summed E-state index contributed by atoms with van der Waals surface area (Å²) in [4.78, 5) is 4.39. The normalized spacial score (nSPS) is 16.1. The van der Waals surface area contributed by atoms with E-state index in [1.54, 1.807) is 0 Å². The van der Waals surface area contributed by atoms with Gasteiger partial charge < -0.3 is 10.1 Å². The maximum absolute atomic E-state index is 5.91. The van der Waals surface area contributed by atoms with Crippen molar-refractivity contribution in [3.63, 3.8) is 0 Å². The van der Waals surface area contributed by atoms with Gasteiger partial charge in [-0.3, -0.25) is 4.98 Å². The fourth-order valence-electron chi connectivity index (χ4n) is 2.17. The zero-order valence-electron chi connectivity index (χ0n) is 11.7. The number of nitrogens with one attached hydrogen (secondary N) is 1. The summed E-state index contributed by atoms with van der Waals surface area (Å²) in [5.74, 6) is 2.30. The Kier molecular flexibility index (Phi) is 4.53. The second kappa shape index (κ2) is 6.34. The molecule has 0 saturated heterocycles. The Morgan fingerprint density at radius 3 is 2.58 bits per heavy atom. The van der Waals surface area contributed by atoms with Crippen molar-refractivity contribution in [2.45, 2.75) is 19.3 Å². The predicted octanol–water partition coefficient (Wildman–Crippen LogP) is 3.37. The molecule has 19 heavy (non-hydrogen) atoms. The van der Waals surface area contributed by atoms with Crippen LogP contribution in [0.3, 0.4) is 0 Å². The van der Waals surface area contributed by atoms with Crippen molar-refractivity contribution in [3.05, 3.63) is 53.9 Å². The molecule has 0 aliphatic carbocycles. The highest BCUT2D eigenvalue weighted by molar-refractivity contribution is 5.44. The standard InChI is InChI=1S/C14H13NO.C2H7N/c1-10-9-12-14(7-4-8-15-12)16-13-6-3-2-5-11(10)13;1-3-2/h2-8,10H,9H2,1H3;3H,1-2H3/t10-;/m0./s1. The largest absolute Gasteiger partial charge is 0.455 e. The van der Waals surface area contributed by atoms with Crippen LogP contribution in [0.25, 0.3) is 0 Å². The summed E-state index contributed by atoms with van der Waals surface area (Å²) in [6.07, 6.45) is 2.76. The second-order valence-electron chi connectivity index (χ2n) is 4.69. The first-order chi connectivity index (χ1) is 9.26. The van der Waals surface area contributed by atoms with Crippen molar-refractivity contribution in [2.75, 3.05) is 14.1 Å². The van der Waals surface area contributed by atoms with Crippen molar-refractivity contribution in [3.8, 4) is 11.5 Å². The minimum atomic E-state index is 0.451. The molecule has 0 spiro atoms. The molecule has 100 valence electrons. The first-order valence-corrected chi connectivity index (χ1v) is 6.55. The Morgan fingerprint density at radius 1 is 1.11 bits per heavy atom. The third-order valence-corrected chi connectivity index (χ3v) is 3.02. The molecule has 3 heteroatoms. The number of hydrogen-bond donors (Lipinski definition) is 1. The molecule has 0 saturated carbocycles. The van der Waals surface area contributed by atoms with Gasteiger partial charge in [0.25, 0.3) is 0 Å². The summed E-state index contributed by atoms with van der Waals surface area (Å²) < 4.78 is 5.91. The SMILES string of the molecule is CNC.C[C@H]1Cc2ncccc2Oc2ccccc21. The molecule has 0 radical (unpaired) electrons. The first-order valence-electron chi connectivity index (χ1n) is 6.55. The lowest BCUT2D eigenvalue weighted by Gasteiger charge is -2.10. The topological polar surface area (TPSA) is 34.2 Å². The van der Waals surface area contributed by atoms with Gasteiger partial charge in [-0.15, -0.1) is 0 Å². The lowest BCUT2D eigenvalue weighted by Crippen LogP contribution is -1.97. The molecule has 0 unspecified atom stereocenters. The van der Waals surface area contributed by atoms with Crippen molar-refractivity contribution in [1.82, 2.24) is 10.3 Å². The Labute approximate surface area is 114 Å². The van der Waals surface area contributed by atoms with Crippen molar-refractivity contribution in [2.24, 2.45) is 0 Å². The Morgan fingerprint density at radius 2 is 1.79 bits per heavy atom. The molecule has 0 bridgehead atoms. The highest BCUT2D eigenvalue weighted by Gasteiger charge is 2.20. The molecule has 2 aromatic rings. The smallest absolute Gasteiger partial charge is 0.148 e. The molecule has 1 aliphatic heterocycles. The fraction of sp³-hybridized carbons (Fsp3) is 0.312. The molecular formula is C16H20N2O. The van der Waals surface area contributed by atoms with Crippen LogP contribution in [-0.4, -0.2) is 19.1 Å². The van der Waals surface area contributed by atoms with Gasteiger partial charge in [-0.2, -0.15) is 0 Å². The molecular weight excluding hydrogens is 236 g/mol. The molecule has 3 rings (SSSR count). The Hall–Kier alpha value is -1.87. The van der Waals surface area contributed by atoms with Gasteiger partial charge in [0.15, 0.2) is 0 Å². The van der Waals surface area contributed by atoms with Crippen molar-refractivity contribution in [1.29, 1.82) is 0 Å². The number of fused-ring (bicyclic) bond motifs is 2. The summed E-state index contributed by atoms with van der Waals surface area (Å²) in [6.45, 7) is 2.21. The van der Waals surface area contributed by atoms with Crippen LogP contribution in [0.1, 0.15) is 24.1 Å². The minimum Gasteiger partial charge on any atom is -0.455 e. The van der Waals surface area contributed by atoms with E-state index in [9.17, 15) is 0 Å². The molecule has 0 fully saturated rings. The number of ether oxygens (including phenoxy) is 1. The van der Waals surface area contributed by atoms with E-state index in [0.717, 1.165) is 23.6 Å². The van der Waals surface area contributed by atoms with Gasteiger partial charge in [-0.1, -0.05) is 25.1 Å². The monoisotopic (exact) mass is 256 g/mol. The number of aromatic nitrogens is 1. The van der Waals surface area contributed by atoms with Crippen LogP contribution in [0.5, 0.6) is 11.5 Å². The van der Waals surface area contributed by atoms with E-state index in [1.165, 1.54) is 5.56 Å². The molecule has 3 nitrogen and oxygen atoms in total. The zero-order valence-corrected chi connectivity index (χ0v) is 11.7. The van der Waals surface area contributed by atoms with E-state index in [-0.39, 0.29) is 0 Å². The summed E-state index contributed by atoms with van der Waals surface area (Å²) in [7, 11) is 3.75. The third-order valence-electron chi connectivity index (χ3n) is 3.02. The van der Waals surface area contributed by atoms with Gasteiger partial charge in [0, 0.05) is 12.6 Å². The highest BCUT2D eigenvalue weighted by Crippen LogP contribution is 2.37. The number of hydrogen-bond acceptors (Lipinski definition) is 3. The molecule has 1 N–H and O–H groups in total. The van der Waals surface area contributed by atoms with E-state index in [0.29, 0.717) is 5.92 Å². The minimum absolute atomic E-state index is 0.451. The van der Waals surface area contributed by atoms with Crippen LogP contribution < -0.4 is 10.1 Å². The maximum Gasteiger partial charge on any atom is 0.148 e. The van der Waals surface area contributed by atoms with E-state index in [2.05, 4.69) is 29.4 Å². The van der Waals surface area contributed by atoms with Crippen molar-refractivity contribution >= 4 is 0 Å². The first kappa shape index (κ1) is 13.6. The average molecular weight is 256 g/mol. The summed E-state index contributed by atoms with van der Waals surface area (Å²) in [5.41, 5.74) is 2.31. The lowest BCUT2D eigenvalue weighted by atomic mass is 9.96. The van der Waals surface area contributed by atoms with Gasteiger partial charge in [0.2, 0.25) is 0 Å². The third kappa shape index (κ3) is 3.12. The summed E-state index contributed by atoms with van der Waals surface area (Å²) >= 11 is 0. The summed E-state index contributed by atoms with van der Waals surface area (Å²) in [5, 5.41) is 2.75. The maximum atomic E-state index is 5.91. The molecule has 1 atom stereocenters. The van der Waals surface area contributed by atoms with E-state index in [4.69, 9.17) is 4.74 Å². The molecule has 1 aromatic heterocycles. The fourth-order valence-corrected chi connectivity index (χ4v) is 2.17. The molecule has 2 heterocycles. The van der Waals surface area contributed by atoms with Crippen molar-refractivity contribution < 1.29 is 4.74 Å². The van der Waals surface area contributed by atoms with Gasteiger partial charge in [-0.05, 0) is 43.8 Å². The predicted molar refractivity (Wildman–Crippen MR) is 77.9 cm³/mol. The number of rotatable bonds is 0. The number of nitrogens with zero attached hydrogens (tertiary/aromatic N) is 1. The van der Waals surface area contributed by atoms with Gasteiger partial charge >= 0.3 is 0 Å². The van der Waals surface area contributed by atoms with Gasteiger partial charge in [-0.25, -0.2) is 0 Å². The number of benzene rings is 1.